The number of benzene rings is 1. The van der Waals surface area contributed by atoms with E-state index in [1.807, 2.05) is 12.1 Å². The molecule has 0 saturated carbocycles. The average Bonchev–Trinajstić information content (AvgIpc) is 2.34. The van der Waals surface area contributed by atoms with E-state index in [0.29, 0.717) is 4.99 Å². The molecule has 0 bridgehead atoms. The zero-order valence-electron chi connectivity index (χ0n) is 10.5. The highest BCUT2D eigenvalue weighted by molar-refractivity contribution is 7.80. The third kappa shape index (κ3) is 5.04. The summed E-state index contributed by atoms with van der Waals surface area (Å²) in [6.07, 6.45) is 2.99. The van der Waals surface area contributed by atoms with Crippen molar-refractivity contribution >= 4 is 22.9 Å². The molecule has 94 valence electrons. The van der Waals surface area contributed by atoms with Crippen molar-refractivity contribution in [1.82, 2.24) is 0 Å². The predicted molar refractivity (Wildman–Crippen MR) is 76.9 cm³/mol. The van der Waals surface area contributed by atoms with Crippen LogP contribution in [0.3, 0.4) is 0 Å². The first kappa shape index (κ1) is 13.8. The number of hydrogen-bond acceptors (Lipinski definition) is 3. The van der Waals surface area contributed by atoms with Gasteiger partial charge in [-0.15, -0.1) is 0 Å². The highest BCUT2D eigenvalue weighted by atomic mass is 32.1. The standard InChI is InChI=1S/C13H20N2OS/c1-15(10-4-3-5-13(14)17)11-6-8-12(16-2)9-7-11/h6-9H,3-5,10H2,1-2H3,(H2,14,17). The normalized spacial score (nSPS) is 10.0. The molecule has 0 spiro atoms. The van der Waals surface area contributed by atoms with Gasteiger partial charge in [-0.1, -0.05) is 12.2 Å². The molecule has 3 nitrogen and oxygen atoms in total. The second kappa shape index (κ2) is 7.12. The van der Waals surface area contributed by atoms with Gasteiger partial charge in [0, 0.05) is 19.3 Å². The Hall–Kier alpha value is -1.29. The van der Waals surface area contributed by atoms with Gasteiger partial charge in [-0.3, -0.25) is 0 Å². The molecule has 0 saturated heterocycles. The minimum atomic E-state index is 0.608. The summed E-state index contributed by atoms with van der Waals surface area (Å²) in [7, 11) is 3.76. The molecule has 4 heteroatoms. The van der Waals surface area contributed by atoms with Crippen molar-refractivity contribution in [2.24, 2.45) is 5.73 Å². The Balaban J connectivity index is 2.35. The molecular formula is C13H20N2OS. The fourth-order valence-corrected chi connectivity index (χ4v) is 1.76. The van der Waals surface area contributed by atoms with Crippen molar-refractivity contribution in [3.8, 4) is 5.75 Å². The lowest BCUT2D eigenvalue weighted by Gasteiger charge is -2.19. The maximum Gasteiger partial charge on any atom is 0.119 e. The summed E-state index contributed by atoms with van der Waals surface area (Å²) in [5, 5.41) is 0. The number of nitrogens with zero attached hydrogens (tertiary/aromatic N) is 1. The topological polar surface area (TPSA) is 38.5 Å². The molecule has 17 heavy (non-hydrogen) atoms. The van der Waals surface area contributed by atoms with Crippen LogP contribution in [0.15, 0.2) is 24.3 Å². The number of rotatable bonds is 7. The molecule has 0 aliphatic heterocycles. The Bertz CT molecular complexity index is 351. The molecule has 0 atom stereocenters. The van der Waals surface area contributed by atoms with Crippen molar-refractivity contribution in [2.45, 2.75) is 19.3 Å². The summed E-state index contributed by atoms with van der Waals surface area (Å²) in [6, 6.07) is 8.07. The summed E-state index contributed by atoms with van der Waals surface area (Å²) in [5.41, 5.74) is 6.65. The van der Waals surface area contributed by atoms with E-state index >= 15 is 0 Å². The van der Waals surface area contributed by atoms with E-state index in [4.69, 9.17) is 22.7 Å². The second-order valence-corrected chi connectivity index (χ2v) is 4.57. The Kier molecular flexibility index (Phi) is 5.77. The van der Waals surface area contributed by atoms with Gasteiger partial charge in [0.15, 0.2) is 0 Å². The first-order valence-electron chi connectivity index (χ1n) is 5.77. The largest absolute Gasteiger partial charge is 0.497 e. The molecule has 0 amide bonds. The van der Waals surface area contributed by atoms with Crippen LogP contribution in [0.1, 0.15) is 19.3 Å². The van der Waals surface area contributed by atoms with Gasteiger partial charge in [-0.05, 0) is 43.5 Å². The van der Waals surface area contributed by atoms with E-state index in [2.05, 4.69) is 24.1 Å². The average molecular weight is 252 g/mol. The number of ether oxygens (including phenoxy) is 1. The third-order valence-corrected chi connectivity index (χ3v) is 2.88. The lowest BCUT2D eigenvalue weighted by molar-refractivity contribution is 0.415. The molecule has 0 aliphatic carbocycles. The van der Waals surface area contributed by atoms with E-state index in [1.165, 1.54) is 5.69 Å². The van der Waals surface area contributed by atoms with Gasteiger partial charge in [-0.25, -0.2) is 0 Å². The molecular weight excluding hydrogens is 232 g/mol. The first-order chi connectivity index (χ1) is 8.13. The maximum atomic E-state index is 5.46. The van der Waals surface area contributed by atoms with Crippen LogP contribution >= 0.6 is 12.2 Å². The second-order valence-electron chi connectivity index (χ2n) is 4.04. The summed E-state index contributed by atoms with van der Waals surface area (Å²) in [6.45, 7) is 1.01. The van der Waals surface area contributed by atoms with Gasteiger partial charge in [0.25, 0.3) is 0 Å². The van der Waals surface area contributed by atoms with E-state index in [9.17, 15) is 0 Å². The zero-order valence-corrected chi connectivity index (χ0v) is 11.3. The smallest absolute Gasteiger partial charge is 0.119 e. The number of unbranched alkanes of at least 4 members (excludes halogenated alkanes) is 1. The predicted octanol–water partition coefficient (Wildman–Crippen LogP) is 2.59. The van der Waals surface area contributed by atoms with Crippen LogP contribution in [0, 0.1) is 0 Å². The molecule has 0 aliphatic rings. The van der Waals surface area contributed by atoms with Gasteiger partial charge >= 0.3 is 0 Å². The monoisotopic (exact) mass is 252 g/mol. The number of methoxy groups -OCH3 is 1. The van der Waals surface area contributed by atoms with Crippen molar-refractivity contribution in [1.29, 1.82) is 0 Å². The van der Waals surface area contributed by atoms with Crippen molar-refractivity contribution in [3.05, 3.63) is 24.3 Å². The Morgan fingerprint density at radius 2 is 1.94 bits per heavy atom. The molecule has 1 aromatic carbocycles. The third-order valence-electron chi connectivity index (χ3n) is 2.68. The van der Waals surface area contributed by atoms with Crippen LogP contribution < -0.4 is 15.4 Å². The Labute approximate surface area is 109 Å². The Morgan fingerprint density at radius 3 is 2.47 bits per heavy atom. The van der Waals surface area contributed by atoms with Gasteiger partial charge in [0.1, 0.15) is 5.75 Å². The number of nitrogens with two attached hydrogens (primary N) is 1. The lowest BCUT2D eigenvalue weighted by Crippen LogP contribution is -2.18. The van der Waals surface area contributed by atoms with Gasteiger partial charge in [0.05, 0.1) is 12.1 Å². The van der Waals surface area contributed by atoms with Crippen LogP contribution in [0.5, 0.6) is 5.75 Å². The highest BCUT2D eigenvalue weighted by Crippen LogP contribution is 2.18. The molecule has 0 heterocycles. The van der Waals surface area contributed by atoms with E-state index in [1.54, 1.807) is 7.11 Å². The molecule has 0 radical (unpaired) electrons. The highest BCUT2D eigenvalue weighted by Gasteiger charge is 2.01. The van der Waals surface area contributed by atoms with E-state index in [0.717, 1.165) is 31.6 Å². The van der Waals surface area contributed by atoms with Gasteiger partial charge < -0.3 is 15.4 Å². The van der Waals surface area contributed by atoms with Crippen LogP contribution in [0.25, 0.3) is 0 Å². The van der Waals surface area contributed by atoms with Crippen molar-refractivity contribution in [2.75, 3.05) is 25.6 Å². The van der Waals surface area contributed by atoms with Crippen molar-refractivity contribution < 1.29 is 4.74 Å². The lowest BCUT2D eigenvalue weighted by atomic mass is 10.2. The quantitative estimate of drug-likeness (QED) is 0.598. The molecule has 2 N–H and O–H groups in total. The van der Waals surface area contributed by atoms with Crippen molar-refractivity contribution in [3.63, 3.8) is 0 Å². The maximum absolute atomic E-state index is 5.46. The SMILES string of the molecule is COc1ccc(N(C)CCCCC(N)=S)cc1. The summed E-state index contributed by atoms with van der Waals surface area (Å²) < 4.78 is 5.13. The molecule has 0 fully saturated rings. The minimum Gasteiger partial charge on any atom is -0.497 e. The number of anilines is 1. The van der Waals surface area contributed by atoms with E-state index < -0.39 is 0 Å². The number of thiocarbonyl (C=S) groups is 1. The fourth-order valence-electron chi connectivity index (χ4n) is 1.61. The molecule has 0 aromatic heterocycles. The number of hydrogen-bond donors (Lipinski definition) is 1. The summed E-state index contributed by atoms with van der Waals surface area (Å²) >= 11 is 4.85. The van der Waals surface area contributed by atoms with Gasteiger partial charge in [0.2, 0.25) is 0 Å². The zero-order chi connectivity index (χ0) is 12.7. The molecule has 1 aromatic rings. The Morgan fingerprint density at radius 1 is 1.29 bits per heavy atom. The van der Waals surface area contributed by atoms with Crippen LogP contribution in [0.2, 0.25) is 0 Å². The summed E-state index contributed by atoms with van der Waals surface area (Å²) in [5.74, 6) is 0.885. The fraction of sp³-hybridized carbons (Fsp3) is 0.462. The molecule has 1 rings (SSSR count). The van der Waals surface area contributed by atoms with Crippen LogP contribution in [-0.4, -0.2) is 25.7 Å². The van der Waals surface area contributed by atoms with Crippen LogP contribution in [-0.2, 0) is 0 Å². The van der Waals surface area contributed by atoms with Gasteiger partial charge in [-0.2, -0.15) is 0 Å². The summed E-state index contributed by atoms with van der Waals surface area (Å²) in [4.78, 5) is 2.83. The minimum absolute atomic E-state index is 0.608. The van der Waals surface area contributed by atoms with Crippen LogP contribution in [0.4, 0.5) is 5.69 Å². The first-order valence-corrected chi connectivity index (χ1v) is 6.18. The van der Waals surface area contributed by atoms with E-state index in [-0.39, 0.29) is 0 Å². The molecule has 0 unspecified atom stereocenters.